The van der Waals surface area contributed by atoms with E-state index in [1.807, 2.05) is 19.1 Å². The van der Waals surface area contributed by atoms with Crippen LogP contribution in [0.25, 0.3) is 0 Å². The Hall–Kier alpha value is -3.43. The maximum absolute atomic E-state index is 12.2. The zero-order valence-corrected chi connectivity index (χ0v) is 28.8. The van der Waals surface area contributed by atoms with E-state index in [4.69, 9.17) is 9.84 Å². The normalized spacial score (nSPS) is 12.0. The van der Waals surface area contributed by atoms with Gasteiger partial charge in [-0.3, -0.25) is 14.4 Å². The predicted octanol–water partition coefficient (Wildman–Crippen LogP) is 4.37. The number of hydrogen-bond acceptors (Lipinski definition) is 7. The van der Waals surface area contributed by atoms with Crippen molar-refractivity contribution in [3.63, 3.8) is 0 Å². The Labute approximate surface area is 284 Å². The SMILES string of the molecule is CCC[C@H](NC(=O)OCCCCCNC(=O)CCCCCCC(=O)NC(CCCCNC(=O)c1ccc([125I])cc1)C(=O)O)C(=O)O. The van der Waals surface area contributed by atoms with Crippen molar-refractivity contribution < 1.29 is 43.7 Å². The molecule has 0 fully saturated rings. The molecule has 14 heteroatoms. The summed E-state index contributed by atoms with van der Waals surface area (Å²) in [5.41, 5.74) is 0.567. The molecule has 1 aromatic rings. The van der Waals surface area contributed by atoms with E-state index in [0.717, 1.165) is 29.3 Å². The second kappa shape index (κ2) is 24.8. The molecule has 1 unspecified atom stereocenters. The molecule has 0 aliphatic rings. The van der Waals surface area contributed by atoms with Gasteiger partial charge in [0.1, 0.15) is 12.1 Å². The molecule has 2 atom stereocenters. The molecule has 1 aromatic carbocycles. The van der Waals surface area contributed by atoms with Crippen LogP contribution in [0.3, 0.4) is 0 Å². The molecule has 0 aliphatic heterocycles. The molecule has 0 saturated carbocycles. The lowest BCUT2D eigenvalue weighted by atomic mass is 10.1. The van der Waals surface area contributed by atoms with Gasteiger partial charge in [-0.15, -0.1) is 0 Å². The fourth-order valence-corrected chi connectivity index (χ4v) is 4.80. The maximum atomic E-state index is 12.2. The van der Waals surface area contributed by atoms with E-state index < -0.39 is 30.1 Å². The van der Waals surface area contributed by atoms with Crippen LogP contribution in [0.4, 0.5) is 4.79 Å². The molecule has 0 aliphatic carbocycles. The zero-order valence-electron chi connectivity index (χ0n) is 26.6. The van der Waals surface area contributed by atoms with E-state index in [2.05, 4.69) is 43.9 Å². The molecule has 6 N–H and O–H groups in total. The average molecular weight is 759 g/mol. The van der Waals surface area contributed by atoms with Gasteiger partial charge >= 0.3 is 18.0 Å². The molecule has 0 saturated heterocycles. The third-order valence-corrected chi connectivity index (χ3v) is 7.77. The van der Waals surface area contributed by atoms with E-state index in [1.54, 1.807) is 12.1 Å². The number of alkyl carbamates (subject to hydrolysis) is 1. The Morgan fingerprint density at radius 3 is 1.89 bits per heavy atom. The van der Waals surface area contributed by atoms with Gasteiger partial charge in [-0.25, -0.2) is 14.4 Å². The van der Waals surface area contributed by atoms with Crippen molar-refractivity contribution in [1.82, 2.24) is 21.3 Å². The van der Waals surface area contributed by atoms with Crippen molar-refractivity contribution in [3.8, 4) is 0 Å². The van der Waals surface area contributed by atoms with Gasteiger partial charge in [-0.05, 0) is 105 Å². The third kappa shape index (κ3) is 19.9. The Balaban J connectivity index is 2.04. The molecular weight excluding hydrogens is 709 g/mol. The number of halogens is 1. The second-order valence-electron chi connectivity index (χ2n) is 11.0. The molecule has 46 heavy (non-hydrogen) atoms. The number of carbonyl (C=O) groups is 6. The van der Waals surface area contributed by atoms with E-state index in [9.17, 15) is 33.9 Å². The van der Waals surface area contributed by atoms with Crippen LogP contribution >= 0.6 is 22.6 Å². The number of rotatable bonds is 25. The van der Waals surface area contributed by atoms with Crippen LogP contribution < -0.4 is 21.3 Å². The van der Waals surface area contributed by atoms with Crippen LogP contribution in [0.5, 0.6) is 0 Å². The van der Waals surface area contributed by atoms with Crippen molar-refractivity contribution >= 4 is 58.3 Å². The Morgan fingerprint density at radius 2 is 1.26 bits per heavy atom. The van der Waals surface area contributed by atoms with Crippen molar-refractivity contribution in [3.05, 3.63) is 33.4 Å². The minimum atomic E-state index is -1.09. The smallest absolute Gasteiger partial charge is 0.407 e. The standard InChI is InChI=1S/C32H49IN4O9/c1-2-12-25(30(41)42)37-32(45)46-22-11-5-9-20-34-27(38)14-6-3-4-7-15-28(39)36-26(31(43)44)13-8-10-21-35-29(40)23-16-18-24(33)19-17-23/h16-19,25-26H,2-15,20-22H2,1H3,(H,34,38)(H,35,40)(H,36,39)(H,37,45)(H,41,42)(H,43,44)/t25-,26?/m0/s1/i33-2. The van der Waals surface area contributed by atoms with E-state index in [-0.39, 0.29) is 37.2 Å². The molecule has 4 amide bonds. The van der Waals surface area contributed by atoms with Crippen molar-refractivity contribution in [1.29, 1.82) is 0 Å². The summed E-state index contributed by atoms with van der Waals surface area (Å²) in [6.45, 7) is 2.92. The van der Waals surface area contributed by atoms with Crippen LogP contribution in [0.1, 0.15) is 107 Å². The summed E-state index contributed by atoms with van der Waals surface area (Å²) in [4.78, 5) is 70.7. The van der Waals surface area contributed by atoms with Gasteiger partial charge in [0.2, 0.25) is 11.8 Å². The monoisotopic (exact) mass is 758 g/mol. The van der Waals surface area contributed by atoms with Gasteiger partial charge in [0, 0.05) is 35.1 Å². The van der Waals surface area contributed by atoms with Crippen LogP contribution in [0.15, 0.2) is 24.3 Å². The molecular formula is C32H49IN4O9. The van der Waals surface area contributed by atoms with Crippen LogP contribution in [-0.4, -0.2) is 77.7 Å². The van der Waals surface area contributed by atoms with Gasteiger partial charge in [-0.1, -0.05) is 26.2 Å². The van der Waals surface area contributed by atoms with Crippen LogP contribution in [-0.2, 0) is 23.9 Å². The van der Waals surface area contributed by atoms with E-state index >= 15 is 0 Å². The zero-order chi connectivity index (χ0) is 34.2. The summed E-state index contributed by atoms with van der Waals surface area (Å²) in [5.74, 6) is -2.73. The lowest BCUT2D eigenvalue weighted by Crippen LogP contribution is -2.41. The lowest BCUT2D eigenvalue weighted by molar-refractivity contribution is -0.142. The molecule has 0 bridgehead atoms. The van der Waals surface area contributed by atoms with Gasteiger partial charge < -0.3 is 36.2 Å². The number of benzene rings is 1. The van der Waals surface area contributed by atoms with Gasteiger partial charge in [-0.2, -0.15) is 0 Å². The number of hydrogen-bond donors (Lipinski definition) is 6. The first-order chi connectivity index (χ1) is 22.0. The highest BCUT2D eigenvalue weighted by atomic mass is 125. The number of nitrogens with one attached hydrogen (secondary N) is 4. The van der Waals surface area contributed by atoms with Crippen molar-refractivity contribution in [2.45, 2.75) is 109 Å². The number of carbonyl (C=O) groups excluding carboxylic acids is 4. The number of amides is 4. The fourth-order valence-electron chi connectivity index (χ4n) is 4.44. The van der Waals surface area contributed by atoms with Gasteiger partial charge in [0.25, 0.3) is 5.91 Å². The topological polar surface area (TPSA) is 200 Å². The number of aliphatic carboxylic acids is 2. The summed E-state index contributed by atoms with van der Waals surface area (Å²) < 4.78 is 6.04. The lowest BCUT2D eigenvalue weighted by Gasteiger charge is -2.14. The first-order valence-electron chi connectivity index (χ1n) is 16.0. The van der Waals surface area contributed by atoms with Crippen LogP contribution in [0, 0.1) is 3.57 Å². The Bertz CT molecular complexity index is 1100. The highest BCUT2D eigenvalue weighted by Gasteiger charge is 2.20. The molecule has 13 nitrogen and oxygen atoms in total. The second-order valence-corrected chi connectivity index (χ2v) is 12.2. The minimum Gasteiger partial charge on any atom is -0.480 e. The third-order valence-electron chi connectivity index (χ3n) is 7.05. The number of carboxylic acid groups (broad SMARTS) is 2. The van der Waals surface area contributed by atoms with Crippen molar-refractivity contribution in [2.75, 3.05) is 19.7 Å². The van der Waals surface area contributed by atoms with Gasteiger partial charge in [0.15, 0.2) is 0 Å². The summed E-state index contributed by atoms with van der Waals surface area (Å²) in [6.07, 6.45) is 7.07. The average Bonchev–Trinajstić information content (AvgIpc) is 3.01. The number of ether oxygens (including phenoxy) is 1. The largest absolute Gasteiger partial charge is 0.480 e. The van der Waals surface area contributed by atoms with Crippen LogP contribution in [0.2, 0.25) is 0 Å². The highest BCUT2D eigenvalue weighted by molar-refractivity contribution is 14.1. The Morgan fingerprint density at radius 1 is 0.696 bits per heavy atom. The molecule has 258 valence electrons. The van der Waals surface area contributed by atoms with Crippen molar-refractivity contribution in [2.24, 2.45) is 0 Å². The number of carboxylic acids is 2. The molecule has 0 heterocycles. The highest BCUT2D eigenvalue weighted by Crippen LogP contribution is 2.09. The quantitative estimate of drug-likeness (QED) is 0.0619. The first-order valence-corrected chi connectivity index (χ1v) is 17.1. The molecule has 0 spiro atoms. The Kier molecular flexibility index (Phi) is 21.8. The summed E-state index contributed by atoms with van der Waals surface area (Å²) in [5, 5.41) is 29.1. The summed E-state index contributed by atoms with van der Waals surface area (Å²) >= 11 is 2.16. The first kappa shape index (κ1) is 40.6. The van der Waals surface area contributed by atoms with E-state index in [0.29, 0.717) is 70.0 Å². The molecule has 1 rings (SSSR count). The predicted molar refractivity (Wildman–Crippen MR) is 180 cm³/mol. The van der Waals surface area contributed by atoms with E-state index in [1.165, 1.54) is 0 Å². The van der Waals surface area contributed by atoms with Gasteiger partial charge in [0.05, 0.1) is 6.61 Å². The summed E-state index contributed by atoms with van der Waals surface area (Å²) in [7, 11) is 0. The summed E-state index contributed by atoms with van der Waals surface area (Å²) in [6, 6.07) is 5.27. The molecule has 0 aromatic heterocycles. The fraction of sp³-hybridized carbons (Fsp3) is 0.625. The maximum Gasteiger partial charge on any atom is 0.407 e. The minimum absolute atomic E-state index is 0.0530. The number of unbranched alkanes of at least 4 members (excludes halogenated alkanes) is 6. The molecule has 0 radical (unpaired) electrons.